The molecule has 0 radical (unpaired) electrons. The predicted octanol–water partition coefficient (Wildman–Crippen LogP) is 2.64. The first kappa shape index (κ1) is 11.5. The van der Waals surface area contributed by atoms with E-state index in [1.54, 1.807) is 12.1 Å². The molecular weight excluding hydrogens is 228 g/mol. The number of aliphatic hydroxyl groups excluding tert-OH is 1. The van der Waals surface area contributed by atoms with Gasteiger partial charge in [0.15, 0.2) is 11.6 Å². The fourth-order valence-corrected chi connectivity index (χ4v) is 1.30. The zero-order chi connectivity index (χ0) is 12.3. The molecule has 1 aromatic carbocycles. The van der Waals surface area contributed by atoms with E-state index in [1.165, 1.54) is 6.20 Å². The number of ether oxygens (including phenoxy) is 1. The maximum atomic E-state index is 13.3. The summed E-state index contributed by atoms with van der Waals surface area (Å²) in [6.07, 6.45) is 1.44. The molecule has 0 amide bonds. The van der Waals surface area contributed by atoms with E-state index >= 15 is 0 Å². The third-order valence-corrected chi connectivity index (χ3v) is 2.12. The highest BCUT2D eigenvalue weighted by Crippen LogP contribution is 2.26. The Bertz CT molecular complexity index is 532. The van der Waals surface area contributed by atoms with E-state index in [0.717, 1.165) is 18.2 Å². The van der Waals surface area contributed by atoms with Crippen LogP contribution in [0.25, 0.3) is 0 Å². The molecule has 5 heteroatoms. The summed E-state index contributed by atoms with van der Waals surface area (Å²) in [5, 5.41) is 9.03. The molecule has 17 heavy (non-hydrogen) atoms. The molecule has 0 aliphatic heterocycles. The molecule has 1 N–H and O–H groups in total. The summed E-state index contributed by atoms with van der Waals surface area (Å²) in [6, 6.07) is 6.07. The van der Waals surface area contributed by atoms with Gasteiger partial charge >= 0.3 is 0 Å². The van der Waals surface area contributed by atoms with Crippen molar-refractivity contribution in [2.45, 2.75) is 6.61 Å². The standard InChI is InChI=1S/C12H9F2NO2/c13-9-3-4-10(14)11(6-9)17-12-8(7-16)2-1-5-15-12/h1-6,16H,7H2. The molecule has 0 spiro atoms. The number of halogens is 2. The zero-order valence-electron chi connectivity index (χ0n) is 8.73. The second-order valence-corrected chi connectivity index (χ2v) is 3.30. The quantitative estimate of drug-likeness (QED) is 0.892. The maximum absolute atomic E-state index is 13.3. The maximum Gasteiger partial charge on any atom is 0.224 e. The predicted molar refractivity (Wildman–Crippen MR) is 56.6 cm³/mol. The number of nitrogens with zero attached hydrogens (tertiary/aromatic N) is 1. The molecule has 1 aromatic heterocycles. The molecule has 0 fully saturated rings. The summed E-state index contributed by atoms with van der Waals surface area (Å²) in [5.74, 6) is -1.51. The van der Waals surface area contributed by atoms with Crippen molar-refractivity contribution in [3.05, 3.63) is 53.7 Å². The molecule has 88 valence electrons. The summed E-state index contributed by atoms with van der Waals surface area (Å²) >= 11 is 0. The summed E-state index contributed by atoms with van der Waals surface area (Å²) in [5.41, 5.74) is 0.399. The van der Waals surface area contributed by atoms with E-state index in [9.17, 15) is 8.78 Å². The Labute approximate surface area is 96.3 Å². The average Bonchev–Trinajstić information content (AvgIpc) is 2.34. The number of pyridine rings is 1. The largest absolute Gasteiger partial charge is 0.435 e. The van der Waals surface area contributed by atoms with Crippen LogP contribution in [0.15, 0.2) is 36.5 Å². The van der Waals surface area contributed by atoms with Gasteiger partial charge in [0.1, 0.15) is 5.82 Å². The lowest BCUT2D eigenvalue weighted by atomic mass is 10.3. The molecule has 0 aliphatic carbocycles. The Morgan fingerprint density at radius 2 is 2.06 bits per heavy atom. The SMILES string of the molecule is OCc1cccnc1Oc1cc(F)ccc1F. The molecule has 0 unspecified atom stereocenters. The van der Waals surface area contributed by atoms with Gasteiger partial charge in [-0.3, -0.25) is 0 Å². The molecular formula is C12H9F2NO2. The van der Waals surface area contributed by atoms with Crippen LogP contribution in [0.1, 0.15) is 5.56 Å². The van der Waals surface area contributed by atoms with Gasteiger partial charge in [0.05, 0.1) is 6.61 Å². The third-order valence-electron chi connectivity index (χ3n) is 2.12. The van der Waals surface area contributed by atoms with Crippen LogP contribution in [-0.4, -0.2) is 10.1 Å². The lowest BCUT2D eigenvalue weighted by Crippen LogP contribution is -1.96. The van der Waals surface area contributed by atoms with Crippen molar-refractivity contribution in [2.75, 3.05) is 0 Å². The minimum absolute atomic E-state index is 0.0551. The highest BCUT2D eigenvalue weighted by Gasteiger charge is 2.10. The van der Waals surface area contributed by atoms with Crippen LogP contribution in [0.2, 0.25) is 0 Å². The van der Waals surface area contributed by atoms with Crippen LogP contribution in [0.3, 0.4) is 0 Å². The van der Waals surface area contributed by atoms with Crippen molar-refractivity contribution >= 4 is 0 Å². The van der Waals surface area contributed by atoms with Crippen LogP contribution in [0, 0.1) is 11.6 Å². The van der Waals surface area contributed by atoms with E-state index in [1.807, 2.05) is 0 Å². The van der Waals surface area contributed by atoms with E-state index in [0.29, 0.717) is 5.56 Å². The van der Waals surface area contributed by atoms with Gasteiger partial charge in [-0.15, -0.1) is 0 Å². The number of hydrogen-bond donors (Lipinski definition) is 1. The van der Waals surface area contributed by atoms with Crippen molar-refractivity contribution in [2.24, 2.45) is 0 Å². The number of aromatic nitrogens is 1. The molecule has 3 nitrogen and oxygen atoms in total. The van der Waals surface area contributed by atoms with Crippen LogP contribution >= 0.6 is 0 Å². The second kappa shape index (κ2) is 4.88. The van der Waals surface area contributed by atoms with E-state index < -0.39 is 11.6 Å². The minimum atomic E-state index is -0.694. The van der Waals surface area contributed by atoms with Crippen molar-refractivity contribution in [3.8, 4) is 11.6 Å². The van der Waals surface area contributed by atoms with Gasteiger partial charge in [0.2, 0.25) is 5.88 Å². The highest BCUT2D eigenvalue weighted by molar-refractivity contribution is 5.33. The summed E-state index contributed by atoms with van der Waals surface area (Å²) in [7, 11) is 0. The highest BCUT2D eigenvalue weighted by atomic mass is 19.1. The summed E-state index contributed by atoms with van der Waals surface area (Å²) < 4.78 is 31.4. The van der Waals surface area contributed by atoms with Crippen molar-refractivity contribution in [1.82, 2.24) is 4.98 Å². The fraction of sp³-hybridized carbons (Fsp3) is 0.0833. The normalized spacial score (nSPS) is 10.3. The van der Waals surface area contributed by atoms with Crippen LogP contribution in [0.4, 0.5) is 8.78 Å². The monoisotopic (exact) mass is 237 g/mol. The van der Waals surface area contributed by atoms with Crippen molar-refractivity contribution in [1.29, 1.82) is 0 Å². The van der Waals surface area contributed by atoms with Gasteiger partial charge in [-0.2, -0.15) is 0 Å². The topological polar surface area (TPSA) is 42.4 Å². The minimum Gasteiger partial charge on any atom is -0.435 e. The molecule has 1 heterocycles. The molecule has 0 saturated carbocycles. The average molecular weight is 237 g/mol. The van der Waals surface area contributed by atoms with E-state index in [4.69, 9.17) is 9.84 Å². The number of hydrogen-bond acceptors (Lipinski definition) is 3. The van der Waals surface area contributed by atoms with Crippen molar-refractivity contribution < 1.29 is 18.6 Å². The number of rotatable bonds is 3. The Kier molecular flexibility index (Phi) is 3.30. The van der Waals surface area contributed by atoms with Crippen LogP contribution in [0.5, 0.6) is 11.6 Å². The zero-order valence-corrected chi connectivity index (χ0v) is 8.73. The molecule has 2 aromatic rings. The Hall–Kier alpha value is -2.01. The second-order valence-electron chi connectivity index (χ2n) is 3.30. The van der Waals surface area contributed by atoms with Crippen LogP contribution < -0.4 is 4.74 Å². The fourth-order valence-electron chi connectivity index (χ4n) is 1.30. The summed E-state index contributed by atoms with van der Waals surface area (Å²) in [6.45, 7) is -0.292. The lowest BCUT2D eigenvalue weighted by Gasteiger charge is -2.08. The molecule has 0 saturated heterocycles. The van der Waals surface area contributed by atoms with Crippen LogP contribution in [-0.2, 0) is 6.61 Å². The lowest BCUT2D eigenvalue weighted by molar-refractivity contribution is 0.274. The Morgan fingerprint density at radius 1 is 1.24 bits per heavy atom. The smallest absolute Gasteiger partial charge is 0.224 e. The first-order valence-electron chi connectivity index (χ1n) is 4.88. The molecule has 0 aliphatic rings. The van der Waals surface area contributed by atoms with Gasteiger partial charge < -0.3 is 9.84 Å². The number of benzene rings is 1. The third kappa shape index (κ3) is 2.57. The summed E-state index contributed by atoms with van der Waals surface area (Å²) in [4.78, 5) is 3.84. The molecule has 0 atom stereocenters. The van der Waals surface area contributed by atoms with Gasteiger partial charge in [-0.25, -0.2) is 13.8 Å². The molecule has 2 rings (SSSR count). The van der Waals surface area contributed by atoms with Gasteiger partial charge in [0.25, 0.3) is 0 Å². The van der Waals surface area contributed by atoms with E-state index in [-0.39, 0.29) is 18.2 Å². The first-order valence-corrected chi connectivity index (χ1v) is 4.88. The molecule has 0 bridgehead atoms. The number of aliphatic hydroxyl groups is 1. The Morgan fingerprint density at radius 3 is 2.82 bits per heavy atom. The first-order chi connectivity index (χ1) is 8.20. The van der Waals surface area contributed by atoms with E-state index in [2.05, 4.69) is 4.98 Å². The van der Waals surface area contributed by atoms with Crippen molar-refractivity contribution in [3.63, 3.8) is 0 Å². The van der Waals surface area contributed by atoms with Gasteiger partial charge in [0, 0.05) is 17.8 Å². The van der Waals surface area contributed by atoms with Gasteiger partial charge in [-0.05, 0) is 24.3 Å². The van der Waals surface area contributed by atoms with Gasteiger partial charge in [-0.1, -0.05) is 0 Å². The Balaban J connectivity index is 2.34.